The lowest BCUT2D eigenvalue weighted by atomic mass is 9.96. The molecule has 1 aliphatic heterocycles. The van der Waals surface area contributed by atoms with E-state index in [9.17, 15) is 5.11 Å². The number of rotatable bonds is 7. The van der Waals surface area contributed by atoms with Crippen molar-refractivity contribution in [1.29, 1.82) is 0 Å². The highest BCUT2D eigenvalue weighted by atomic mass is 35.5. The molecule has 140 valence electrons. The van der Waals surface area contributed by atoms with Crippen LogP contribution in [0.5, 0.6) is 17.2 Å². The second kappa shape index (κ2) is 11.6. The first-order valence-electron chi connectivity index (χ1n) is 8.10. The van der Waals surface area contributed by atoms with E-state index in [1.54, 1.807) is 26.4 Å². The fourth-order valence-corrected chi connectivity index (χ4v) is 3.15. The third-order valence-electron chi connectivity index (χ3n) is 4.29. The summed E-state index contributed by atoms with van der Waals surface area (Å²) in [5, 5.41) is 13.3. The molecule has 1 atom stereocenters. The lowest BCUT2D eigenvalue weighted by Crippen LogP contribution is -2.45. The van der Waals surface area contributed by atoms with Crippen LogP contribution in [0.25, 0.3) is 0 Å². The molecule has 2 N–H and O–H groups in total. The van der Waals surface area contributed by atoms with E-state index in [2.05, 4.69) is 17.1 Å². The molecule has 24 heavy (non-hydrogen) atoms. The lowest BCUT2D eigenvalue weighted by molar-refractivity contribution is 0.157. The molecule has 1 aliphatic rings. The van der Waals surface area contributed by atoms with E-state index in [-0.39, 0.29) is 36.6 Å². The molecule has 2 rings (SSSR count). The summed E-state index contributed by atoms with van der Waals surface area (Å²) >= 11 is 0. The van der Waals surface area contributed by atoms with Gasteiger partial charge in [0.15, 0.2) is 0 Å². The Kier molecular flexibility index (Phi) is 11.2. The van der Waals surface area contributed by atoms with Gasteiger partial charge < -0.3 is 19.9 Å². The first-order valence-corrected chi connectivity index (χ1v) is 8.10. The number of phenolic OH excluding ortho intramolecular Hbond substituents is 1. The molecule has 0 aromatic heterocycles. The Balaban J connectivity index is 0.00000264. The molecular formula is C17H30Cl2N2O3. The largest absolute Gasteiger partial charge is 0.508 e. The van der Waals surface area contributed by atoms with Crippen molar-refractivity contribution in [3.8, 4) is 17.2 Å². The molecule has 1 aromatic rings. The Morgan fingerprint density at radius 1 is 1.12 bits per heavy atom. The molecule has 0 aliphatic carbocycles. The second-order valence-corrected chi connectivity index (χ2v) is 5.71. The van der Waals surface area contributed by atoms with E-state index in [1.807, 2.05) is 0 Å². The molecule has 0 radical (unpaired) electrons. The minimum absolute atomic E-state index is 0. The molecular weight excluding hydrogens is 351 g/mol. The van der Waals surface area contributed by atoms with Gasteiger partial charge in [0.1, 0.15) is 17.2 Å². The SMILES string of the molecule is CCCC[C@@H](c1c(OC)cc(O)cc1OC)N1CCNCC1.Cl.Cl. The van der Waals surface area contributed by atoms with E-state index in [0.717, 1.165) is 51.0 Å². The van der Waals surface area contributed by atoms with Crippen molar-refractivity contribution < 1.29 is 14.6 Å². The van der Waals surface area contributed by atoms with Crippen LogP contribution in [0.3, 0.4) is 0 Å². The van der Waals surface area contributed by atoms with Crippen LogP contribution in [0.1, 0.15) is 37.8 Å². The highest BCUT2D eigenvalue weighted by molar-refractivity contribution is 5.85. The van der Waals surface area contributed by atoms with Crippen LogP contribution < -0.4 is 14.8 Å². The summed E-state index contributed by atoms with van der Waals surface area (Å²) in [6.07, 6.45) is 3.38. The summed E-state index contributed by atoms with van der Waals surface area (Å²) in [5.41, 5.74) is 1.05. The Morgan fingerprint density at radius 2 is 1.67 bits per heavy atom. The normalized spacial score (nSPS) is 15.8. The van der Waals surface area contributed by atoms with E-state index in [4.69, 9.17) is 9.47 Å². The standard InChI is InChI=1S/C17H28N2O3.2ClH/c1-4-5-6-14(19-9-7-18-8-10-19)17-15(21-2)11-13(20)12-16(17)22-3;;/h11-12,14,18,20H,4-10H2,1-3H3;2*1H/t14-;;/m0../s1. The lowest BCUT2D eigenvalue weighted by Gasteiger charge is -2.36. The van der Waals surface area contributed by atoms with E-state index in [1.165, 1.54) is 0 Å². The number of nitrogens with one attached hydrogen (secondary N) is 1. The number of halogens is 2. The molecule has 0 spiro atoms. The highest BCUT2D eigenvalue weighted by Crippen LogP contribution is 2.42. The van der Waals surface area contributed by atoms with Crippen LogP contribution >= 0.6 is 24.8 Å². The van der Waals surface area contributed by atoms with Gasteiger partial charge >= 0.3 is 0 Å². The maximum Gasteiger partial charge on any atom is 0.131 e. The summed E-state index contributed by atoms with van der Waals surface area (Å²) in [5.74, 6) is 1.58. The number of hydrogen-bond acceptors (Lipinski definition) is 5. The second-order valence-electron chi connectivity index (χ2n) is 5.71. The smallest absolute Gasteiger partial charge is 0.131 e. The molecule has 1 heterocycles. The zero-order valence-electron chi connectivity index (χ0n) is 14.7. The number of nitrogens with zero attached hydrogens (tertiary/aromatic N) is 1. The third kappa shape index (κ3) is 5.59. The fourth-order valence-electron chi connectivity index (χ4n) is 3.15. The van der Waals surface area contributed by atoms with Crippen LogP contribution in [-0.2, 0) is 0 Å². The van der Waals surface area contributed by atoms with Gasteiger partial charge in [-0.25, -0.2) is 0 Å². The number of benzene rings is 1. The monoisotopic (exact) mass is 380 g/mol. The molecule has 7 heteroatoms. The van der Waals surface area contributed by atoms with Gasteiger partial charge in [-0.3, -0.25) is 4.90 Å². The van der Waals surface area contributed by atoms with Crippen LogP contribution in [0.4, 0.5) is 0 Å². The molecule has 0 saturated carbocycles. The Hall–Kier alpha value is -0.880. The van der Waals surface area contributed by atoms with Gasteiger partial charge in [0.25, 0.3) is 0 Å². The van der Waals surface area contributed by atoms with Gasteiger partial charge in [-0.1, -0.05) is 19.8 Å². The van der Waals surface area contributed by atoms with E-state index >= 15 is 0 Å². The summed E-state index contributed by atoms with van der Waals surface area (Å²) in [4.78, 5) is 2.49. The van der Waals surface area contributed by atoms with Crippen LogP contribution in [0.2, 0.25) is 0 Å². The molecule has 0 unspecified atom stereocenters. The maximum atomic E-state index is 9.87. The number of methoxy groups -OCH3 is 2. The van der Waals surface area contributed by atoms with Crippen molar-refractivity contribution in [2.75, 3.05) is 40.4 Å². The number of aromatic hydroxyl groups is 1. The topological polar surface area (TPSA) is 54.0 Å². The minimum atomic E-state index is 0. The van der Waals surface area contributed by atoms with E-state index < -0.39 is 0 Å². The summed E-state index contributed by atoms with van der Waals surface area (Å²) in [7, 11) is 3.29. The van der Waals surface area contributed by atoms with Crippen molar-refractivity contribution in [1.82, 2.24) is 10.2 Å². The Labute approximate surface area is 157 Å². The Bertz CT molecular complexity index is 458. The van der Waals surface area contributed by atoms with Gasteiger partial charge in [0.05, 0.1) is 19.8 Å². The number of piperazine rings is 1. The number of phenols is 1. The first kappa shape index (κ1) is 23.1. The average Bonchev–Trinajstić information content (AvgIpc) is 2.56. The van der Waals surface area contributed by atoms with Crippen molar-refractivity contribution in [3.05, 3.63) is 17.7 Å². The summed E-state index contributed by atoms with van der Waals surface area (Å²) in [6.45, 7) is 6.25. The van der Waals surface area contributed by atoms with Crippen LogP contribution in [-0.4, -0.2) is 50.4 Å². The fraction of sp³-hybridized carbons (Fsp3) is 0.647. The summed E-state index contributed by atoms with van der Waals surface area (Å²) < 4.78 is 11.1. The van der Waals surface area contributed by atoms with Gasteiger partial charge in [0.2, 0.25) is 0 Å². The maximum absolute atomic E-state index is 9.87. The van der Waals surface area contributed by atoms with Crippen molar-refractivity contribution in [2.24, 2.45) is 0 Å². The number of ether oxygens (including phenoxy) is 2. The van der Waals surface area contributed by atoms with Crippen molar-refractivity contribution >= 4 is 24.8 Å². The predicted octanol–water partition coefficient (Wildman–Crippen LogP) is 3.39. The summed E-state index contributed by atoms with van der Waals surface area (Å²) in [6, 6.07) is 3.62. The molecule has 5 nitrogen and oxygen atoms in total. The van der Waals surface area contributed by atoms with Gasteiger partial charge in [0, 0.05) is 44.4 Å². The van der Waals surface area contributed by atoms with Crippen molar-refractivity contribution in [2.45, 2.75) is 32.2 Å². The molecule has 1 saturated heterocycles. The zero-order valence-corrected chi connectivity index (χ0v) is 16.3. The quantitative estimate of drug-likeness (QED) is 0.758. The van der Waals surface area contributed by atoms with E-state index in [0.29, 0.717) is 11.5 Å². The zero-order chi connectivity index (χ0) is 15.9. The van der Waals surface area contributed by atoms with Gasteiger partial charge in [-0.05, 0) is 6.42 Å². The molecule has 1 fully saturated rings. The highest BCUT2D eigenvalue weighted by Gasteiger charge is 2.28. The van der Waals surface area contributed by atoms with Crippen LogP contribution in [0, 0.1) is 0 Å². The number of hydrogen-bond donors (Lipinski definition) is 2. The van der Waals surface area contributed by atoms with Crippen LogP contribution in [0.15, 0.2) is 12.1 Å². The predicted molar refractivity (Wildman–Crippen MR) is 102 cm³/mol. The molecule has 0 bridgehead atoms. The first-order chi connectivity index (χ1) is 10.7. The Morgan fingerprint density at radius 3 is 2.12 bits per heavy atom. The average molecular weight is 381 g/mol. The van der Waals surface area contributed by atoms with Gasteiger partial charge in [-0.2, -0.15) is 0 Å². The molecule has 0 amide bonds. The number of unbranched alkanes of at least 4 members (excludes halogenated alkanes) is 1. The molecule has 1 aromatic carbocycles. The minimum Gasteiger partial charge on any atom is -0.508 e. The van der Waals surface area contributed by atoms with Gasteiger partial charge in [-0.15, -0.1) is 24.8 Å². The third-order valence-corrected chi connectivity index (χ3v) is 4.29. The van der Waals surface area contributed by atoms with Crippen molar-refractivity contribution in [3.63, 3.8) is 0 Å².